The van der Waals surface area contributed by atoms with Crippen LogP contribution in [-0.2, 0) is 10.0 Å². The molecule has 0 fully saturated rings. The Labute approximate surface area is 186 Å². The molecule has 1 N–H and O–H groups in total. The zero-order valence-electron chi connectivity index (χ0n) is 17.8. The van der Waals surface area contributed by atoms with Crippen LogP contribution in [-0.4, -0.2) is 24.3 Å². The number of sulfonamides is 1. The number of pyridine rings is 2. The van der Waals surface area contributed by atoms with Crippen LogP contribution in [0.3, 0.4) is 0 Å². The molecular weight excluding hydrogens is 426 g/mol. The van der Waals surface area contributed by atoms with Crippen molar-refractivity contribution in [2.24, 2.45) is 0 Å². The lowest BCUT2D eigenvalue weighted by atomic mass is 10.1. The maximum Gasteiger partial charge on any atom is 0.270 e. The van der Waals surface area contributed by atoms with Crippen molar-refractivity contribution in [3.05, 3.63) is 89.2 Å². The van der Waals surface area contributed by atoms with E-state index in [4.69, 9.17) is 4.74 Å². The number of carbonyl (C=O) groups is 1. The van der Waals surface area contributed by atoms with Gasteiger partial charge in [-0.3, -0.25) is 9.78 Å². The topological polar surface area (TPSA) is 98.2 Å². The van der Waals surface area contributed by atoms with E-state index >= 15 is 0 Å². The SMILES string of the molecule is Cc1cc(C)c(Oc2nc3ccccc3cc2C(=O)NS(=O)(=O)c2ccncc2)c(C)c1. The van der Waals surface area contributed by atoms with Gasteiger partial charge in [-0.15, -0.1) is 0 Å². The van der Waals surface area contributed by atoms with Gasteiger partial charge in [-0.2, -0.15) is 0 Å². The second-order valence-electron chi connectivity index (χ2n) is 7.48. The first-order valence-electron chi connectivity index (χ1n) is 9.87. The molecule has 0 aliphatic heterocycles. The van der Waals surface area contributed by atoms with Gasteiger partial charge in [0.25, 0.3) is 15.9 Å². The van der Waals surface area contributed by atoms with Gasteiger partial charge < -0.3 is 4.74 Å². The summed E-state index contributed by atoms with van der Waals surface area (Å²) in [6, 6.07) is 15.4. The largest absolute Gasteiger partial charge is 0.438 e. The van der Waals surface area contributed by atoms with Crippen LogP contribution >= 0.6 is 0 Å². The molecule has 1 amide bonds. The maximum absolute atomic E-state index is 13.1. The second-order valence-corrected chi connectivity index (χ2v) is 9.16. The van der Waals surface area contributed by atoms with Gasteiger partial charge in [-0.05, 0) is 56.2 Å². The van der Waals surface area contributed by atoms with Gasteiger partial charge >= 0.3 is 0 Å². The highest BCUT2D eigenvalue weighted by atomic mass is 32.2. The number of carbonyl (C=O) groups excluding carboxylic acids is 1. The lowest BCUT2D eigenvalue weighted by Gasteiger charge is -2.15. The van der Waals surface area contributed by atoms with Gasteiger partial charge in [-0.1, -0.05) is 35.9 Å². The first-order chi connectivity index (χ1) is 15.2. The summed E-state index contributed by atoms with van der Waals surface area (Å²) in [5.41, 5.74) is 3.49. The highest BCUT2D eigenvalue weighted by Crippen LogP contribution is 2.32. The smallest absolute Gasteiger partial charge is 0.270 e. The van der Waals surface area contributed by atoms with Gasteiger partial charge in [0.05, 0.1) is 10.4 Å². The molecule has 4 aromatic rings. The number of ether oxygens (including phenoxy) is 1. The molecule has 0 unspecified atom stereocenters. The predicted octanol–water partition coefficient (Wildman–Crippen LogP) is 4.47. The number of nitrogens with zero attached hydrogens (tertiary/aromatic N) is 2. The molecule has 2 aromatic heterocycles. The average Bonchev–Trinajstić information content (AvgIpc) is 2.76. The summed E-state index contributed by atoms with van der Waals surface area (Å²) in [5.74, 6) is -0.233. The summed E-state index contributed by atoms with van der Waals surface area (Å²) in [4.78, 5) is 21.3. The Bertz CT molecular complexity index is 1410. The Morgan fingerprint density at radius 3 is 2.28 bits per heavy atom. The Morgan fingerprint density at radius 2 is 1.59 bits per heavy atom. The van der Waals surface area contributed by atoms with Gasteiger partial charge in [-0.25, -0.2) is 18.1 Å². The maximum atomic E-state index is 13.1. The summed E-state index contributed by atoms with van der Waals surface area (Å²) >= 11 is 0. The Hall–Kier alpha value is -3.78. The van der Waals surface area contributed by atoms with Crippen molar-refractivity contribution in [3.63, 3.8) is 0 Å². The molecule has 0 atom stereocenters. The van der Waals surface area contributed by atoms with E-state index < -0.39 is 15.9 Å². The molecule has 0 aliphatic rings. The number of aryl methyl sites for hydroxylation is 3. The molecule has 0 bridgehead atoms. The normalized spacial score (nSPS) is 11.3. The molecule has 2 heterocycles. The highest BCUT2D eigenvalue weighted by molar-refractivity contribution is 7.90. The summed E-state index contributed by atoms with van der Waals surface area (Å²) in [7, 11) is -4.10. The van der Waals surface area contributed by atoms with Gasteiger partial charge in [0.1, 0.15) is 11.3 Å². The predicted molar refractivity (Wildman–Crippen MR) is 121 cm³/mol. The molecule has 0 saturated heterocycles. The van der Waals surface area contributed by atoms with E-state index in [1.165, 1.54) is 24.5 Å². The molecule has 4 rings (SSSR count). The third kappa shape index (κ3) is 4.31. The molecular formula is C24H21N3O4S. The number of aromatic nitrogens is 2. The van der Waals surface area contributed by atoms with Crippen molar-refractivity contribution < 1.29 is 17.9 Å². The number of nitrogens with one attached hydrogen (secondary N) is 1. The summed E-state index contributed by atoms with van der Waals surface area (Å²) in [6.07, 6.45) is 2.68. The first kappa shape index (κ1) is 21.5. The zero-order chi connectivity index (χ0) is 22.9. The van der Waals surface area contributed by atoms with E-state index in [2.05, 4.69) is 14.7 Å². The van der Waals surface area contributed by atoms with Crippen LogP contribution in [0, 0.1) is 20.8 Å². The fourth-order valence-electron chi connectivity index (χ4n) is 3.52. The fourth-order valence-corrected chi connectivity index (χ4v) is 4.47. The van der Waals surface area contributed by atoms with Crippen LogP contribution in [0.5, 0.6) is 11.6 Å². The van der Waals surface area contributed by atoms with E-state index in [9.17, 15) is 13.2 Å². The summed E-state index contributed by atoms with van der Waals surface area (Å²) in [6.45, 7) is 5.80. The van der Waals surface area contributed by atoms with Crippen LogP contribution in [0.15, 0.2) is 71.9 Å². The molecule has 7 nitrogen and oxygen atoms in total. The number of amides is 1. The summed E-state index contributed by atoms with van der Waals surface area (Å²) in [5, 5.41) is 0.684. The minimum absolute atomic E-state index is 0.0145. The fraction of sp³-hybridized carbons (Fsp3) is 0.125. The van der Waals surface area contributed by atoms with E-state index in [1.807, 2.05) is 45.0 Å². The van der Waals surface area contributed by atoms with Crippen LogP contribution in [0.2, 0.25) is 0 Å². The average molecular weight is 448 g/mol. The second kappa shape index (κ2) is 8.39. The van der Waals surface area contributed by atoms with Crippen molar-refractivity contribution in [2.75, 3.05) is 0 Å². The van der Waals surface area contributed by atoms with Crippen molar-refractivity contribution in [1.82, 2.24) is 14.7 Å². The molecule has 0 aliphatic carbocycles. The van der Waals surface area contributed by atoms with E-state index in [1.54, 1.807) is 18.2 Å². The van der Waals surface area contributed by atoms with Crippen molar-refractivity contribution in [1.29, 1.82) is 0 Å². The number of hydrogen-bond donors (Lipinski definition) is 1. The lowest BCUT2D eigenvalue weighted by Crippen LogP contribution is -2.31. The van der Waals surface area contributed by atoms with E-state index in [0.717, 1.165) is 16.7 Å². The molecule has 8 heteroatoms. The Balaban J connectivity index is 1.79. The molecule has 0 saturated carbocycles. The van der Waals surface area contributed by atoms with Crippen LogP contribution in [0.4, 0.5) is 0 Å². The van der Waals surface area contributed by atoms with Gasteiger partial charge in [0, 0.05) is 17.8 Å². The molecule has 2 aromatic carbocycles. The molecule has 32 heavy (non-hydrogen) atoms. The number of rotatable bonds is 5. The number of fused-ring (bicyclic) bond motifs is 1. The third-order valence-electron chi connectivity index (χ3n) is 4.92. The molecule has 0 spiro atoms. The lowest BCUT2D eigenvalue weighted by molar-refractivity contribution is 0.0978. The van der Waals surface area contributed by atoms with Crippen LogP contribution in [0.25, 0.3) is 10.9 Å². The quantitative estimate of drug-likeness (QED) is 0.485. The van der Waals surface area contributed by atoms with E-state index in [0.29, 0.717) is 16.7 Å². The monoisotopic (exact) mass is 447 g/mol. The Morgan fingerprint density at radius 1 is 0.938 bits per heavy atom. The van der Waals surface area contributed by atoms with Crippen LogP contribution in [0.1, 0.15) is 27.0 Å². The highest BCUT2D eigenvalue weighted by Gasteiger charge is 2.23. The van der Waals surface area contributed by atoms with Gasteiger partial charge in [0.15, 0.2) is 0 Å². The van der Waals surface area contributed by atoms with Crippen LogP contribution < -0.4 is 9.46 Å². The van der Waals surface area contributed by atoms with Gasteiger partial charge in [0.2, 0.25) is 5.88 Å². The number of hydrogen-bond acceptors (Lipinski definition) is 6. The van der Waals surface area contributed by atoms with E-state index in [-0.39, 0.29) is 16.3 Å². The minimum atomic E-state index is -4.10. The van der Waals surface area contributed by atoms with Crippen molar-refractivity contribution in [2.45, 2.75) is 25.7 Å². The Kier molecular flexibility index (Phi) is 5.63. The van der Waals surface area contributed by atoms with Crippen molar-refractivity contribution in [3.8, 4) is 11.6 Å². The molecule has 162 valence electrons. The summed E-state index contributed by atoms with van der Waals surface area (Å²) < 4.78 is 33.6. The first-order valence-corrected chi connectivity index (χ1v) is 11.4. The number of benzene rings is 2. The number of para-hydroxylation sites is 1. The minimum Gasteiger partial charge on any atom is -0.438 e. The third-order valence-corrected chi connectivity index (χ3v) is 6.27. The standard InChI is InChI=1S/C24H21N3O4S/c1-15-12-16(2)22(17(3)13-15)31-24-20(14-18-6-4-5-7-21(18)26-24)23(28)27-32(29,30)19-8-10-25-11-9-19/h4-14H,1-3H3,(H,27,28). The zero-order valence-corrected chi connectivity index (χ0v) is 18.6. The van der Waals surface area contributed by atoms with Crippen molar-refractivity contribution >= 4 is 26.8 Å². The molecule has 0 radical (unpaired) electrons.